The van der Waals surface area contributed by atoms with Gasteiger partial charge in [0, 0.05) is 5.02 Å². The summed E-state index contributed by atoms with van der Waals surface area (Å²) in [4.78, 5) is 25.1. The van der Waals surface area contributed by atoms with Crippen molar-refractivity contribution >= 4 is 29.8 Å². The second-order valence-corrected chi connectivity index (χ2v) is 5.91. The van der Waals surface area contributed by atoms with Crippen LogP contribution in [0.3, 0.4) is 0 Å². The van der Waals surface area contributed by atoms with Crippen LogP contribution in [0.2, 0.25) is 5.02 Å². The Bertz CT molecular complexity index is 807. The van der Waals surface area contributed by atoms with Crippen molar-refractivity contribution in [3.8, 4) is 0 Å². The zero-order valence-electron chi connectivity index (χ0n) is 13.1. The van der Waals surface area contributed by atoms with Gasteiger partial charge in [-0.1, -0.05) is 61.0 Å². The van der Waals surface area contributed by atoms with E-state index in [1.54, 1.807) is 24.3 Å². The van der Waals surface area contributed by atoms with Crippen molar-refractivity contribution in [1.82, 2.24) is 10.3 Å². The molecule has 122 valence electrons. The van der Waals surface area contributed by atoms with Gasteiger partial charge in [0.1, 0.15) is 5.54 Å². The van der Waals surface area contributed by atoms with Crippen molar-refractivity contribution < 1.29 is 9.59 Å². The summed E-state index contributed by atoms with van der Waals surface area (Å²) in [5.74, 6) is -0.389. The zero-order chi connectivity index (χ0) is 17.2. The molecule has 1 N–H and O–H groups in total. The summed E-state index contributed by atoms with van der Waals surface area (Å²) in [5, 5.41) is 8.26. The van der Waals surface area contributed by atoms with E-state index in [9.17, 15) is 9.59 Å². The summed E-state index contributed by atoms with van der Waals surface area (Å²) in [6, 6.07) is 15.7. The normalized spacial score (nSPS) is 20.7. The third-order valence-corrected chi connectivity index (χ3v) is 4.27. The smallest absolute Gasteiger partial charge is 0.318 e. The van der Waals surface area contributed by atoms with Crippen LogP contribution in [-0.4, -0.2) is 23.2 Å². The molecule has 5 nitrogen and oxygen atoms in total. The van der Waals surface area contributed by atoms with E-state index in [2.05, 4.69) is 10.4 Å². The molecular formula is C18H16ClN3O2. The number of halogens is 1. The first-order valence-corrected chi connectivity index (χ1v) is 7.96. The first-order valence-electron chi connectivity index (χ1n) is 7.58. The Morgan fingerprint density at radius 3 is 2.58 bits per heavy atom. The first-order chi connectivity index (χ1) is 11.6. The quantitative estimate of drug-likeness (QED) is 0.683. The van der Waals surface area contributed by atoms with Gasteiger partial charge in [0.25, 0.3) is 5.91 Å². The molecule has 1 fully saturated rings. The fourth-order valence-electron chi connectivity index (χ4n) is 2.74. The number of imide groups is 1. The molecule has 2 aromatic rings. The number of hydrazone groups is 1. The fourth-order valence-corrected chi connectivity index (χ4v) is 2.94. The minimum atomic E-state index is -1.08. The number of urea groups is 1. The lowest BCUT2D eigenvalue weighted by Crippen LogP contribution is -2.43. The molecule has 0 radical (unpaired) electrons. The largest absolute Gasteiger partial charge is 0.346 e. The average molecular weight is 342 g/mol. The number of benzene rings is 2. The van der Waals surface area contributed by atoms with Crippen LogP contribution < -0.4 is 5.32 Å². The van der Waals surface area contributed by atoms with Crippen molar-refractivity contribution in [3.05, 3.63) is 70.7 Å². The maximum Gasteiger partial charge on any atom is 0.346 e. The van der Waals surface area contributed by atoms with E-state index in [1.807, 2.05) is 37.3 Å². The lowest BCUT2D eigenvalue weighted by atomic mass is 9.87. The van der Waals surface area contributed by atoms with Gasteiger partial charge in [-0.3, -0.25) is 4.79 Å². The number of hydrogen-bond acceptors (Lipinski definition) is 3. The molecule has 1 aliphatic rings. The average Bonchev–Trinajstić information content (AvgIpc) is 2.85. The van der Waals surface area contributed by atoms with E-state index >= 15 is 0 Å². The predicted octanol–water partition coefficient (Wildman–Crippen LogP) is 3.53. The molecule has 0 aliphatic carbocycles. The minimum Gasteiger partial charge on any atom is -0.318 e. The van der Waals surface area contributed by atoms with Gasteiger partial charge in [0.2, 0.25) is 0 Å². The first kappa shape index (κ1) is 16.2. The molecule has 0 spiro atoms. The molecular weight excluding hydrogens is 326 g/mol. The van der Waals surface area contributed by atoms with Gasteiger partial charge in [-0.2, -0.15) is 5.10 Å². The SMILES string of the molecule is CC[C@]1(c2ccccc2)NC(=O)N(/N=C\c2cccc(Cl)c2)C1=O. The molecule has 3 amide bonds. The summed E-state index contributed by atoms with van der Waals surface area (Å²) in [7, 11) is 0. The lowest BCUT2D eigenvalue weighted by Gasteiger charge is -2.24. The van der Waals surface area contributed by atoms with Crippen molar-refractivity contribution in [2.24, 2.45) is 5.10 Å². The number of amides is 3. The summed E-state index contributed by atoms with van der Waals surface area (Å²) >= 11 is 5.92. The molecule has 0 unspecified atom stereocenters. The van der Waals surface area contributed by atoms with E-state index < -0.39 is 11.6 Å². The number of carbonyl (C=O) groups excluding carboxylic acids is 2. The van der Waals surface area contributed by atoms with Gasteiger partial charge in [-0.05, 0) is 29.7 Å². The van der Waals surface area contributed by atoms with Crippen LogP contribution in [0.5, 0.6) is 0 Å². The van der Waals surface area contributed by atoms with E-state index in [4.69, 9.17) is 11.6 Å². The summed E-state index contributed by atoms with van der Waals surface area (Å²) in [5.41, 5.74) is 0.368. The van der Waals surface area contributed by atoms with Crippen LogP contribution in [0, 0.1) is 0 Å². The summed E-state index contributed by atoms with van der Waals surface area (Å²) in [6.45, 7) is 1.86. The van der Waals surface area contributed by atoms with Gasteiger partial charge < -0.3 is 5.32 Å². The summed E-state index contributed by atoms with van der Waals surface area (Å²) < 4.78 is 0. The number of nitrogens with zero attached hydrogens (tertiary/aromatic N) is 2. The molecule has 1 aliphatic heterocycles. The Morgan fingerprint density at radius 2 is 1.92 bits per heavy atom. The van der Waals surface area contributed by atoms with Crippen molar-refractivity contribution in [2.45, 2.75) is 18.9 Å². The Kier molecular flexibility index (Phi) is 4.36. The molecule has 0 saturated carbocycles. The Morgan fingerprint density at radius 1 is 1.17 bits per heavy atom. The molecule has 3 rings (SSSR count). The van der Waals surface area contributed by atoms with Gasteiger partial charge in [0.15, 0.2) is 0 Å². The van der Waals surface area contributed by atoms with Crippen molar-refractivity contribution in [3.63, 3.8) is 0 Å². The van der Waals surface area contributed by atoms with Gasteiger partial charge >= 0.3 is 6.03 Å². The van der Waals surface area contributed by atoms with E-state index in [0.29, 0.717) is 17.0 Å². The van der Waals surface area contributed by atoms with Crippen LogP contribution in [0.25, 0.3) is 0 Å². The highest BCUT2D eigenvalue weighted by Gasteiger charge is 2.51. The Balaban J connectivity index is 1.91. The van der Waals surface area contributed by atoms with Crippen LogP contribution in [0.4, 0.5) is 4.79 Å². The molecule has 1 heterocycles. The Labute approximate surface area is 144 Å². The van der Waals surface area contributed by atoms with Gasteiger partial charge in [-0.15, -0.1) is 5.01 Å². The van der Waals surface area contributed by atoms with Crippen LogP contribution >= 0.6 is 11.6 Å². The summed E-state index contributed by atoms with van der Waals surface area (Å²) in [6.07, 6.45) is 1.88. The van der Waals surface area contributed by atoms with E-state index in [0.717, 1.165) is 10.6 Å². The third kappa shape index (κ3) is 2.78. The maximum absolute atomic E-state index is 12.9. The lowest BCUT2D eigenvalue weighted by molar-refractivity contribution is -0.131. The Hall–Kier alpha value is -2.66. The van der Waals surface area contributed by atoms with Crippen LogP contribution in [0.1, 0.15) is 24.5 Å². The zero-order valence-corrected chi connectivity index (χ0v) is 13.8. The molecule has 1 atom stereocenters. The molecule has 2 aromatic carbocycles. The van der Waals surface area contributed by atoms with Crippen LogP contribution in [-0.2, 0) is 10.3 Å². The molecule has 1 saturated heterocycles. The number of nitrogens with one attached hydrogen (secondary N) is 1. The standard InChI is InChI=1S/C18H16ClN3O2/c1-2-18(14-8-4-3-5-9-14)16(23)22(17(24)21-18)20-12-13-7-6-10-15(19)11-13/h3-12H,2H2,1H3,(H,21,24)/b20-12-/t18-/m1/s1. The number of carbonyl (C=O) groups is 2. The van der Waals surface area contributed by atoms with E-state index in [-0.39, 0.29) is 5.91 Å². The number of rotatable bonds is 4. The monoisotopic (exact) mass is 341 g/mol. The van der Waals surface area contributed by atoms with Gasteiger partial charge in [0.05, 0.1) is 6.21 Å². The second-order valence-electron chi connectivity index (χ2n) is 5.47. The van der Waals surface area contributed by atoms with Crippen LogP contribution in [0.15, 0.2) is 59.7 Å². The topological polar surface area (TPSA) is 61.8 Å². The molecule has 6 heteroatoms. The highest BCUT2D eigenvalue weighted by molar-refractivity contribution is 6.30. The maximum atomic E-state index is 12.9. The fraction of sp³-hybridized carbons (Fsp3) is 0.167. The molecule has 24 heavy (non-hydrogen) atoms. The number of hydrogen-bond donors (Lipinski definition) is 1. The highest BCUT2D eigenvalue weighted by Crippen LogP contribution is 2.32. The highest BCUT2D eigenvalue weighted by atomic mass is 35.5. The minimum absolute atomic E-state index is 0.389. The van der Waals surface area contributed by atoms with Crippen molar-refractivity contribution in [2.75, 3.05) is 0 Å². The van der Waals surface area contributed by atoms with E-state index in [1.165, 1.54) is 6.21 Å². The second kappa shape index (κ2) is 6.45. The molecule has 0 bridgehead atoms. The third-order valence-electron chi connectivity index (χ3n) is 4.04. The predicted molar refractivity (Wildman–Crippen MR) is 92.8 cm³/mol. The van der Waals surface area contributed by atoms with Crippen molar-refractivity contribution in [1.29, 1.82) is 0 Å². The van der Waals surface area contributed by atoms with Gasteiger partial charge in [-0.25, -0.2) is 4.79 Å². The molecule has 0 aromatic heterocycles.